The van der Waals surface area contributed by atoms with Gasteiger partial charge in [-0.05, 0) is 12.8 Å². The molecule has 1 saturated carbocycles. The second-order valence-electron chi connectivity index (χ2n) is 5.36. The van der Waals surface area contributed by atoms with Crippen molar-refractivity contribution in [2.24, 2.45) is 10.4 Å². The van der Waals surface area contributed by atoms with Crippen LogP contribution in [0.4, 0.5) is 0 Å². The average Bonchev–Trinajstić information content (AvgIpc) is 2.13. The molecular weight excluding hydrogens is 229 g/mol. The minimum atomic E-state index is -0.466. The van der Waals surface area contributed by atoms with Crippen LogP contribution in [-0.4, -0.2) is 16.6 Å². The lowest BCUT2D eigenvalue weighted by Crippen LogP contribution is -2.28. The maximum atomic E-state index is 5.98. The molecule has 0 amide bonds. The molecule has 1 fully saturated rings. The molecule has 0 radical (unpaired) electrons. The van der Waals surface area contributed by atoms with E-state index in [1.165, 1.54) is 32.1 Å². The number of rotatable bonds is 2. The Morgan fingerprint density at radius 3 is 2.07 bits per heavy atom. The van der Waals surface area contributed by atoms with Gasteiger partial charge in [0.2, 0.25) is 0 Å². The summed E-state index contributed by atoms with van der Waals surface area (Å²) in [5.74, 6) is 0. The highest BCUT2D eigenvalue weighted by molar-refractivity contribution is 6.54. The topological polar surface area (TPSA) is 12.4 Å². The Hall–Kier alpha value is 0.250. The van der Waals surface area contributed by atoms with Crippen LogP contribution in [0.15, 0.2) is 4.99 Å². The quantitative estimate of drug-likeness (QED) is 0.501. The molecule has 88 valence electrons. The molecule has 0 aromatic rings. The Kier molecular flexibility index (Phi) is 4.92. The van der Waals surface area contributed by atoms with E-state index in [1.54, 1.807) is 0 Å². The highest BCUT2D eigenvalue weighted by Crippen LogP contribution is 2.27. The van der Waals surface area contributed by atoms with Gasteiger partial charge < -0.3 is 0 Å². The number of aliphatic imine (C=N–C) groups is 1. The predicted octanol–water partition coefficient (Wildman–Crippen LogP) is 4.61. The van der Waals surface area contributed by atoms with Gasteiger partial charge in [0.1, 0.15) is 4.84 Å². The van der Waals surface area contributed by atoms with E-state index in [1.807, 2.05) is 0 Å². The zero-order chi connectivity index (χ0) is 11.5. The van der Waals surface area contributed by atoms with Crippen molar-refractivity contribution < 1.29 is 0 Å². The molecule has 0 spiro atoms. The second kappa shape index (κ2) is 5.54. The number of hydrogen-bond acceptors (Lipinski definition) is 1. The lowest BCUT2D eigenvalue weighted by molar-refractivity contribution is 0.437. The summed E-state index contributed by atoms with van der Waals surface area (Å²) in [6, 6.07) is 0.452. The molecule has 0 aromatic carbocycles. The van der Waals surface area contributed by atoms with E-state index in [0.29, 0.717) is 6.04 Å². The van der Waals surface area contributed by atoms with E-state index in [2.05, 4.69) is 20.8 Å². The van der Waals surface area contributed by atoms with Gasteiger partial charge in [-0.15, -0.1) is 0 Å². The van der Waals surface area contributed by atoms with Crippen LogP contribution in [0.25, 0.3) is 0 Å². The van der Waals surface area contributed by atoms with E-state index in [0.717, 1.165) is 5.71 Å². The van der Waals surface area contributed by atoms with Gasteiger partial charge in [0.25, 0.3) is 0 Å². The zero-order valence-corrected chi connectivity index (χ0v) is 11.4. The predicted molar refractivity (Wildman–Crippen MR) is 69.3 cm³/mol. The second-order valence-corrected chi connectivity index (χ2v) is 6.45. The highest BCUT2D eigenvalue weighted by Gasteiger charge is 2.26. The number of nitrogens with zero attached hydrogens (tertiary/aromatic N) is 1. The lowest BCUT2D eigenvalue weighted by atomic mass is 9.89. The molecule has 0 aromatic heterocycles. The number of halogens is 2. The van der Waals surface area contributed by atoms with Crippen molar-refractivity contribution >= 4 is 28.9 Å². The molecule has 1 nitrogen and oxygen atoms in total. The van der Waals surface area contributed by atoms with Gasteiger partial charge in [-0.25, -0.2) is 0 Å². The molecule has 0 bridgehead atoms. The molecule has 0 heterocycles. The Balaban J connectivity index is 2.74. The zero-order valence-electron chi connectivity index (χ0n) is 9.89. The fraction of sp³-hybridized carbons (Fsp3) is 0.917. The summed E-state index contributed by atoms with van der Waals surface area (Å²) in [5, 5.41) is 0. The van der Waals surface area contributed by atoms with Crippen molar-refractivity contribution in [3.63, 3.8) is 0 Å². The first kappa shape index (κ1) is 13.3. The van der Waals surface area contributed by atoms with Crippen LogP contribution in [0.3, 0.4) is 0 Å². The van der Waals surface area contributed by atoms with Crippen molar-refractivity contribution in [3.05, 3.63) is 0 Å². The van der Waals surface area contributed by atoms with Crippen LogP contribution in [-0.2, 0) is 0 Å². The monoisotopic (exact) mass is 249 g/mol. The third-order valence-electron chi connectivity index (χ3n) is 2.87. The van der Waals surface area contributed by atoms with Crippen molar-refractivity contribution in [3.8, 4) is 0 Å². The highest BCUT2D eigenvalue weighted by atomic mass is 35.5. The third-order valence-corrected chi connectivity index (χ3v) is 3.28. The summed E-state index contributed by atoms with van der Waals surface area (Å²) in [4.78, 5) is 4.29. The Bertz CT molecular complexity index is 222. The molecular formula is C12H21Cl2N. The minimum Gasteiger partial charge on any atom is -0.287 e. The summed E-state index contributed by atoms with van der Waals surface area (Å²) in [5.41, 5.74) is 0.920. The van der Waals surface area contributed by atoms with E-state index in [-0.39, 0.29) is 5.41 Å². The summed E-state index contributed by atoms with van der Waals surface area (Å²) >= 11 is 12.0. The molecule has 0 unspecified atom stereocenters. The van der Waals surface area contributed by atoms with Crippen molar-refractivity contribution in [1.82, 2.24) is 0 Å². The maximum absolute atomic E-state index is 5.98. The third kappa shape index (κ3) is 4.32. The first-order valence-electron chi connectivity index (χ1n) is 5.77. The molecule has 0 aliphatic heterocycles. The molecule has 1 aliphatic carbocycles. The SMILES string of the molecule is CC(C)(C)C(=NC1CCCCC1)C(Cl)Cl. The van der Waals surface area contributed by atoms with Gasteiger partial charge in [0.15, 0.2) is 0 Å². The summed E-state index contributed by atoms with van der Waals surface area (Å²) in [6.45, 7) is 6.35. The van der Waals surface area contributed by atoms with Crippen LogP contribution in [0.2, 0.25) is 0 Å². The smallest absolute Gasteiger partial charge is 0.145 e. The van der Waals surface area contributed by atoms with Gasteiger partial charge in [-0.3, -0.25) is 4.99 Å². The van der Waals surface area contributed by atoms with E-state index in [9.17, 15) is 0 Å². The van der Waals surface area contributed by atoms with Crippen LogP contribution in [0.1, 0.15) is 52.9 Å². The maximum Gasteiger partial charge on any atom is 0.145 e. The first-order valence-corrected chi connectivity index (χ1v) is 6.65. The molecule has 1 aliphatic rings. The molecule has 3 heteroatoms. The summed E-state index contributed by atoms with van der Waals surface area (Å²) < 4.78 is 0. The van der Waals surface area contributed by atoms with Crippen LogP contribution in [0.5, 0.6) is 0 Å². The lowest BCUT2D eigenvalue weighted by Gasteiger charge is -2.26. The summed E-state index contributed by atoms with van der Waals surface area (Å²) in [7, 11) is 0. The van der Waals surface area contributed by atoms with Crippen LogP contribution in [0, 0.1) is 5.41 Å². The Labute approximate surface area is 103 Å². The van der Waals surface area contributed by atoms with Crippen LogP contribution < -0.4 is 0 Å². The Morgan fingerprint density at radius 1 is 1.13 bits per heavy atom. The van der Waals surface area contributed by atoms with Gasteiger partial charge >= 0.3 is 0 Å². The van der Waals surface area contributed by atoms with Crippen molar-refractivity contribution in [2.75, 3.05) is 0 Å². The molecule has 15 heavy (non-hydrogen) atoms. The van der Waals surface area contributed by atoms with Crippen molar-refractivity contribution in [1.29, 1.82) is 0 Å². The van der Waals surface area contributed by atoms with E-state index < -0.39 is 4.84 Å². The standard InChI is InChI=1S/C12H21Cl2N/c1-12(2,3)10(11(13)14)15-9-7-5-4-6-8-9/h9,11H,4-8H2,1-3H3. The molecule has 0 atom stereocenters. The van der Waals surface area contributed by atoms with Crippen LogP contribution >= 0.6 is 23.2 Å². The van der Waals surface area contributed by atoms with Gasteiger partial charge in [-0.2, -0.15) is 0 Å². The van der Waals surface area contributed by atoms with Gasteiger partial charge in [-0.1, -0.05) is 63.2 Å². The Morgan fingerprint density at radius 2 is 1.67 bits per heavy atom. The minimum absolute atomic E-state index is 0.0222. The fourth-order valence-corrected chi connectivity index (χ4v) is 2.75. The summed E-state index contributed by atoms with van der Waals surface area (Å²) in [6.07, 6.45) is 6.32. The van der Waals surface area contributed by atoms with Gasteiger partial charge in [0, 0.05) is 5.41 Å². The van der Waals surface area contributed by atoms with Crippen molar-refractivity contribution in [2.45, 2.75) is 63.8 Å². The number of hydrogen-bond donors (Lipinski definition) is 0. The fourth-order valence-electron chi connectivity index (χ4n) is 1.98. The van der Waals surface area contributed by atoms with E-state index in [4.69, 9.17) is 28.2 Å². The molecule has 0 saturated heterocycles. The molecule has 0 N–H and O–H groups in total. The first-order chi connectivity index (χ1) is 6.91. The van der Waals surface area contributed by atoms with E-state index >= 15 is 0 Å². The normalized spacial score (nSPS) is 21.1. The average molecular weight is 250 g/mol. The van der Waals surface area contributed by atoms with Gasteiger partial charge in [0.05, 0.1) is 11.8 Å². The largest absolute Gasteiger partial charge is 0.287 e. The number of alkyl halides is 2. The molecule has 1 rings (SSSR count).